The number of amides is 2. The van der Waals surface area contributed by atoms with Gasteiger partial charge in [-0.05, 0) is 54.2 Å². The lowest BCUT2D eigenvalue weighted by Crippen LogP contribution is -2.32. The van der Waals surface area contributed by atoms with Crippen molar-refractivity contribution in [2.75, 3.05) is 13.2 Å². The lowest BCUT2D eigenvalue weighted by Gasteiger charge is -2.14. The maximum atomic E-state index is 13.0. The molecule has 0 aliphatic carbocycles. The molecule has 1 saturated heterocycles. The van der Waals surface area contributed by atoms with E-state index in [1.54, 1.807) is 36.4 Å². The Morgan fingerprint density at radius 1 is 0.974 bits per heavy atom. The molecule has 14 heteroatoms. The van der Waals surface area contributed by atoms with Gasteiger partial charge in [-0.2, -0.15) is 0 Å². The van der Waals surface area contributed by atoms with Crippen molar-refractivity contribution in [3.63, 3.8) is 0 Å². The Labute approximate surface area is 232 Å². The van der Waals surface area contributed by atoms with Crippen LogP contribution in [0.1, 0.15) is 5.56 Å². The van der Waals surface area contributed by atoms with Crippen LogP contribution >= 0.6 is 39.3 Å². The monoisotopic (exact) mass is 619 g/mol. The summed E-state index contributed by atoms with van der Waals surface area (Å²) in [6.45, 7) is 0.0220. The molecule has 1 heterocycles. The molecule has 3 aromatic rings. The number of rotatable bonds is 9. The first kappa shape index (κ1) is 27.1. The van der Waals surface area contributed by atoms with E-state index in [-0.39, 0.29) is 29.6 Å². The van der Waals surface area contributed by atoms with Crippen LogP contribution in [0.3, 0.4) is 0 Å². The molecule has 1 fully saturated rings. The van der Waals surface area contributed by atoms with Crippen molar-refractivity contribution >= 4 is 67.9 Å². The molecule has 2 amide bonds. The molecule has 1 aliphatic rings. The molecule has 0 saturated carbocycles. The number of ether oxygens (including phenoxy) is 2. The number of carbonyl (C=O) groups is 2. The SMILES string of the molecule is O=C1S/C(=C\c2cc(Br)ccc2Oc2ccc([N+](=O)[O-])cc2[N+](=O)[O-])C(=O)N1CCOc1ccccc1Cl. The molecule has 0 atom stereocenters. The fourth-order valence-electron chi connectivity index (χ4n) is 3.33. The van der Waals surface area contributed by atoms with Gasteiger partial charge in [-0.1, -0.05) is 39.7 Å². The maximum Gasteiger partial charge on any atom is 0.318 e. The molecule has 3 aromatic carbocycles. The fraction of sp³-hybridized carbons (Fsp3) is 0.0833. The first-order valence-corrected chi connectivity index (χ1v) is 12.7. The van der Waals surface area contributed by atoms with Gasteiger partial charge in [0.2, 0.25) is 5.75 Å². The van der Waals surface area contributed by atoms with Crippen molar-refractivity contribution in [2.24, 2.45) is 0 Å². The molecule has 11 nitrogen and oxygen atoms in total. The zero-order chi connectivity index (χ0) is 27.4. The normalized spacial score (nSPS) is 14.2. The average molecular weight is 621 g/mol. The standard InChI is InChI=1S/C24H15BrClN3O8S/c25-15-5-7-19(37-21-8-6-16(28(32)33)13-18(21)29(34)35)14(11-15)12-22-23(30)27(24(31)38-22)9-10-36-20-4-2-1-3-17(20)26/h1-8,11-13H,9-10H2/b22-12-. The van der Waals surface area contributed by atoms with Crippen LogP contribution in [0.15, 0.2) is 70.0 Å². The Kier molecular flexibility index (Phi) is 8.29. The highest BCUT2D eigenvalue weighted by Crippen LogP contribution is 2.39. The van der Waals surface area contributed by atoms with Crippen LogP contribution in [0, 0.1) is 20.2 Å². The minimum Gasteiger partial charge on any atom is -0.490 e. The van der Waals surface area contributed by atoms with E-state index in [9.17, 15) is 29.8 Å². The molecular weight excluding hydrogens is 606 g/mol. The molecule has 0 bridgehead atoms. The third-order valence-corrected chi connectivity index (χ3v) is 6.82. The minimum atomic E-state index is -0.795. The number of non-ortho nitro benzene ring substituents is 1. The van der Waals surface area contributed by atoms with Gasteiger partial charge in [0.1, 0.15) is 18.1 Å². The second-order valence-corrected chi connectivity index (χ2v) is 9.88. The van der Waals surface area contributed by atoms with E-state index in [4.69, 9.17) is 21.1 Å². The summed E-state index contributed by atoms with van der Waals surface area (Å²) in [5, 5.41) is 22.4. The molecule has 0 unspecified atom stereocenters. The second-order valence-electron chi connectivity index (χ2n) is 7.56. The highest BCUT2D eigenvalue weighted by atomic mass is 79.9. The number of hydrogen-bond acceptors (Lipinski definition) is 9. The summed E-state index contributed by atoms with van der Waals surface area (Å²) >= 11 is 10.1. The van der Waals surface area contributed by atoms with E-state index in [0.29, 0.717) is 20.8 Å². The van der Waals surface area contributed by atoms with Crippen molar-refractivity contribution in [3.8, 4) is 17.2 Å². The van der Waals surface area contributed by atoms with E-state index < -0.39 is 32.4 Å². The predicted octanol–water partition coefficient (Wildman–Crippen LogP) is 6.83. The molecule has 1 aliphatic heterocycles. The van der Waals surface area contributed by atoms with Gasteiger partial charge in [-0.3, -0.25) is 34.7 Å². The molecule has 194 valence electrons. The third kappa shape index (κ3) is 6.13. The molecular formula is C24H15BrClN3O8S. The summed E-state index contributed by atoms with van der Waals surface area (Å²) in [5.41, 5.74) is -0.732. The Morgan fingerprint density at radius 3 is 2.42 bits per heavy atom. The number of imide groups is 1. The van der Waals surface area contributed by atoms with Gasteiger partial charge < -0.3 is 9.47 Å². The molecule has 38 heavy (non-hydrogen) atoms. The smallest absolute Gasteiger partial charge is 0.318 e. The lowest BCUT2D eigenvalue weighted by molar-refractivity contribution is -0.394. The van der Waals surface area contributed by atoms with Gasteiger partial charge in [0, 0.05) is 16.1 Å². The van der Waals surface area contributed by atoms with E-state index in [1.807, 2.05) is 0 Å². The van der Waals surface area contributed by atoms with Crippen LogP contribution in [-0.4, -0.2) is 39.0 Å². The molecule has 4 rings (SSSR count). The first-order chi connectivity index (χ1) is 18.1. The first-order valence-electron chi connectivity index (χ1n) is 10.7. The summed E-state index contributed by atoms with van der Waals surface area (Å²) in [6.07, 6.45) is 1.43. The second kappa shape index (κ2) is 11.6. The van der Waals surface area contributed by atoms with Crippen molar-refractivity contribution in [1.29, 1.82) is 0 Å². The number of thioether (sulfide) groups is 1. The summed E-state index contributed by atoms with van der Waals surface area (Å²) in [4.78, 5) is 47.6. The Bertz CT molecular complexity index is 1500. The van der Waals surface area contributed by atoms with E-state index in [2.05, 4.69) is 15.9 Å². The lowest BCUT2D eigenvalue weighted by atomic mass is 10.1. The van der Waals surface area contributed by atoms with E-state index >= 15 is 0 Å². The molecule has 0 radical (unpaired) electrons. The molecule has 0 aromatic heterocycles. The minimum absolute atomic E-state index is 0.00986. The van der Waals surface area contributed by atoms with Crippen LogP contribution in [0.5, 0.6) is 17.2 Å². The van der Waals surface area contributed by atoms with Gasteiger partial charge in [0.15, 0.2) is 0 Å². The largest absolute Gasteiger partial charge is 0.490 e. The van der Waals surface area contributed by atoms with Crippen molar-refractivity contribution in [2.45, 2.75) is 0 Å². The summed E-state index contributed by atoms with van der Waals surface area (Å²) in [5.74, 6) is -0.232. The molecule has 0 N–H and O–H groups in total. The van der Waals surface area contributed by atoms with Crippen LogP contribution < -0.4 is 9.47 Å². The number of nitro benzene ring substituents is 2. The number of halogens is 2. The predicted molar refractivity (Wildman–Crippen MR) is 144 cm³/mol. The van der Waals surface area contributed by atoms with Gasteiger partial charge in [-0.15, -0.1) is 0 Å². The van der Waals surface area contributed by atoms with Gasteiger partial charge in [0.25, 0.3) is 16.8 Å². The number of benzene rings is 3. The van der Waals surface area contributed by atoms with E-state index in [0.717, 1.165) is 34.9 Å². The summed E-state index contributed by atoms with van der Waals surface area (Å²) < 4.78 is 11.9. The third-order valence-electron chi connectivity index (χ3n) is 5.11. The number of hydrogen-bond donors (Lipinski definition) is 0. The zero-order valence-electron chi connectivity index (χ0n) is 19.0. The quantitative estimate of drug-likeness (QED) is 0.143. The highest BCUT2D eigenvalue weighted by molar-refractivity contribution is 9.10. The topological polar surface area (TPSA) is 142 Å². The van der Waals surface area contributed by atoms with Crippen LogP contribution in [0.25, 0.3) is 6.08 Å². The van der Waals surface area contributed by atoms with Crippen LogP contribution in [0.4, 0.5) is 16.2 Å². The van der Waals surface area contributed by atoms with Gasteiger partial charge in [0.05, 0.1) is 32.4 Å². The number of nitro groups is 2. The number of carbonyl (C=O) groups excluding carboxylic acids is 2. The summed E-state index contributed by atoms with van der Waals surface area (Å²) in [7, 11) is 0. The van der Waals surface area contributed by atoms with Crippen molar-refractivity contribution in [1.82, 2.24) is 4.90 Å². The summed E-state index contributed by atoms with van der Waals surface area (Å²) in [6, 6.07) is 14.5. The van der Waals surface area contributed by atoms with E-state index in [1.165, 1.54) is 12.1 Å². The highest BCUT2D eigenvalue weighted by Gasteiger charge is 2.35. The maximum absolute atomic E-state index is 13.0. The zero-order valence-corrected chi connectivity index (χ0v) is 22.2. The van der Waals surface area contributed by atoms with Crippen molar-refractivity contribution in [3.05, 3.63) is 101 Å². The van der Waals surface area contributed by atoms with Gasteiger partial charge in [-0.25, -0.2) is 0 Å². The van der Waals surface area contributed by atoms with Crippen LogP contribution in [0.2, 0.25) is 5.02 Å². The number of nitrogens with zero attached hydrogens (tertiary/aromatic N) is 3. The Morgan fingerprint density at radius 2 is 1.71 bits per heavy atom. The molecule has 0 spiro atoms. The van der Waals surface area contributed by atoms with Crippen molar-refractivity contribution < 1.29 is 28.9 Å². The average Bonchev–Trinajstić information content (AvgIpc) is 3.14. The Hall–Kier alpha value is -3.94. The fourth-order valence-corrected chi connectivity index (χ4v) is 4.76. The van der Waals surface area contributed by atoms with Gasteiger partial charge >= 0.3 is 5.69 Å². The Balaban J connectivity index is 1.56. The number of para-hydroxylation sites is 1. The van der Waals surface area contributed by atoms with Crippen LogP contribution in [-0.2, 0) is 4.79 Å².